The van der Waals surface area contributed by atoms with Crippen molar-refractivity contribution >= 4 is 17.5 Å². The Bertz CT molecular complexity index is 594. The number of halogens is 2. The summed E-state index contributed by atoms with van der Waals surface area (Å²) in [6.45, 7) is 0.987. The van der Waals surface area contributed by atoms with Crippen LogP contribution in [0.15, 0.2) is 12.1 Å². The number of likely N-dealkylation sites (tertiary alicyclic amines) is 1. The van der Waals surface area contributed by atoms with Gasteiger partial charge in [-0.25, -0.2) is 8.78 Å². The van der Waals surface area contributed by atoms with Crippen molar-refractivity contribution in [1.29, 1.82) is 0 Å². The minimum absolute atomic E-state index is 0.00491. The van der Waals surface area contributed by atoms with E-state index in [0.717, 1.165) is 4.90 Å². The summed E-state index contributed by atoms with van der Waals surface area (Å²) in [7, 11) is 0. The highest BCUT2D eigenvalue weighted by molar-refractivity contribution is 6.03. The molecule has 1 fully saturated rings. The van der Waals surface area contributed by atoms with Crippen LogP contribution in [-0.4, -0.2) is 21.6 Å². The van der Waals surface area contributed by atoms with E-state index < -0.39 is 52.1 Å². The summed E-state index contributed by atoms with van der Waals surface area (Å²) in [5, 5.41) is 10.5. The van der Waals surface area contributed by atoms with Crippen molar-refractivity contribution in [1.82, 2.24) is 4.90 Å². The number of nitro groups is 1. The highest BCUT2D eigenvalue weighted by atomic mass is 19.1. The van der Waals surface area contributed by atoms with Crippen molar-refractivity contribution in [3.63, 3.8) is 0 Å². The zero-order valence-electron chi connectivity index (χ0n) is 10.4. The molecular weight excluding hydrogens is 274 g/mol. The Morgan fingerprint density at radius 1 is 1.35 bits per heavy atom. The number of hydrogen-bond acceptors (Lipinski definition) is 4. The SMILES string of the molecule is C[C@H]1CC(=O)N(Cc2c(F)cc([N+](=O)[O-])cc2F)C1=O. The zero-order valence-corrected chi connectivity index (χ0v) is 10.4. The summed E-state index contributed by atoms with van der Waals surface area (Å²) in [5.41, 5.74) is -1.26. The van der Waals surface area contributed by atoms with Crippen LogP contribution in [0.1, 0.15) is 18.9 Å². The number of non-ortho nitro benzene ring substituents is 1. The topological polar surface area (TPSA) is 80.5 Å². The lowest BCUT2D eigenvalue weighted by molar-refractivity contribution is -0.385. The second-order valence-electron chi connectivity index (χ2n) is 4.57. The summed E-state index contributed by atoms with van der Waals surface area (Å²) in [6.07, 6.45) is -0.00491. The van der Waals surface area contributed by atoms with E-state index in [1.165, 1.54) is 0 Å². The van der Waals surface area contributed by atoms with Gasteiger partial charge in [-0.15, -0.1) is 0 Å². The van der Waals surface area contributed by atoms with Crippen molar-refractivity contribution < 1.29 is 23.3 Å². The molecule has 1 atom stereocenters. The van der Waals surface area contributed by atoms with Crippen molar-refractivity contribution in [2.24, 2.45) is 5.92 Å². The summed E-state index contributed by atoms with van der Waals surface area (Å²) < 4.78 is 27.4. The van der Waals surface area contributed by atoms with Crippen LogP contribution in [0.3, 0.4) is 0 Å². The van der Waals surface area contributed by atoms with Gasteiger partial charge in [0.1, 0.15) is 11.6 Å². The Labute approximate surface area is 112 Å². The highest BCUT2D eigenvalue weighted by Crippen LogP contribution is 2.26. The second kappa shape index (κ2) is 4.95. The first-order valence-electron chi connectivity index (χ1n) is 5.77. The van der Waals surface area contributed by atoms with Crippen LogP contribution >= 0.6 is 0 Å². The van der Waals surface area contributed by atoms with E-state index in [4.69, 9.17) is 0 Å². The summed E-state index contributed by atoms with van der Waals surface area (Å²) in [6, 6.07) is 1.12. The fraction of sp³-hybridized carbons (Fsp3) is 0.333. The molecule has 1 aliphatic rings. The number of benzene rings is 1. The number of rotatable bonds is 3. The van der Waals surface area contributed by atoms with Gasteiger partial charge < -0.3 is 0 Å². The molecule has 8 heteroatoms. The molecule has 1 heterocycles. The number of amides is 2. The van der Waals surface area contributed by atoms with E-state index in [-0.39, 0.29) is 6.42 Å². The Hall–Kier alpha value is -2.38. The van der Waals surface area contributed by atoms with E-state index in [1.807, 2.05) is 0 Å². The van der Waals surface area contributed by atoms with Gasteiger partial charge >= 0.3 is 0 Å². The fourth-order valence-corrected chi connectivity index (χ4v) is 2.02. The Balaban J connectivity index is 2.33. The molecule has 0 radical (unpaired) electrons. The largest absolute Gasteiger partial charge is 0.278 e. The van der Waals surface area contributed by atoms with Crippen molar-refractivity contribution in [3.8, 4) is 0 Å². The number of carbonyl (C=O) groups excluding carboxylic acids is 2. The molecule has 1 aromatic carbocycles. The first-order valence-corrected chi connectivity index (χ1v) is 5.77. The van der Waals surface area contributed by atoms with Gasteiger partial charge in [-0.3, -0.25) is 24.6 Å². The predicted molar refractivity (Wildman–Crippen MR) is 62.4 cm³/mol. The van der Waals surface area contributed by atoms with Crippen LogP contribution in [0, 0.1) is 27.7 Å². The first-order chi connectivity index (χ1) is 9.31. The quantitative estimate of drug-likeness (QED) is 0.481. The number of hydrogen-bond donors (Lipinski definition) is 0. The third-order valence-electron chi connectivity index (χ3n) is 3.12. The Morgan fingerprint density at radius 2 is 1.90 bits per heavy atom. The smallest absolute Gasteiger partial charge is 0.275 e. The standard InChI is InChI=1S/C12H10F2N2O4/c1-6-2-11(17)15(12(6)18)5-8-9(13)3-7(16(19)20)4-10(8)14/h3-4,6H,2,5H2,1H3/t6-/m0/s1. The minimum atomic E-state index is -1.16. The van der Waals surface area contributed by atoms with Gasteiger partial charge in [-0.1, -0.05) is 6.92 Å². The van der Waals surface area contributed by atoms with E-state index in [9.17, 15) is 28.5 Å². The van der Waals surface area contributed by atoms with Gasteiger partial charge in [0.25, 0.3) is 5.69 Å². The van der Waals surface area contributed by atoms with E-state index in [1.54, 1.807) is 6.92 Å². The number of carbonyl (C=O) groups is 2. The van der Waals surface area contributed by atoms with E-state index in [2.05, 4.69) is 0 Å². The molecule has 0 bridgehead atoms. The molecule has 1 aliphatic heterocycles. The van der Waals surface area contributed by atoms with Crippen molar-refractivity contribution in [2.45, 2.75) is 19.9 Å². The lowest BCUT2D eigenvalue weighted by Crippen LogP contribution is -2.30. The van der Waals surface area contributed by atoms with Crippen LogP contribution in [0.25, 0.3) is 0 Å². The van der Waals surface area contributed by atoms with Gasteiger partial charge in [0.15, 0.2) is 0 Å². The third kappa shape index (κ3) is 2.36. The maximum Gasteiger partial charge on any atom is 0.275 e. The van der Waals surface area contributed by atoms with E-state index in [0.29, 0.717) is 12.1 Å². The predicted octanol–water partition coefficient (Wildman–Crippen LogP) is 1.77. The van der Waals surface area contributed by atoms with Crippen molar-refractivity contribution in [2.75, 3.05) is 0 Å². The molecule has 0 unspecified atom stereocenters. The molecule has 0 aliphatic carbocycles. The minimum Gasteiger partial charge on any atom is -0.278 e. The molecule has 0 aromatic heterocycles. The molecule has 2 rings (SSSR count). The van der Waals surface area contributed by atoms with E-state index >= 15 is 0 Å². The maximum absolute atomic E-state index is 13.7. The van der Waals surface area contributed by atoms with Gasteiger partial charge in [0.2, 0.25) is 11.8 Å². The second-order valence-corrected chi connectivity index (χ2v) is 4.57. The van der Waals surface area contributed by atoms with Crippen LogP contribution in [0.4, 0.5) is 14.5 Å². The highest BCUT2D eigenvalue weighted by Gasteiger charge is 2.36. The Kier molecular flexibility index (Phi) is 3.47. The molecule has 1 saturated heterocycles. The van der Waals surface area contributed by atoms with Crippen LogP contribution in [0.5, 0.6) is 0 Å². The van der Waals surface area contributed by atoms with Gasteiger partial charge in [0.05, 0.1) is 23.6 Å². The Morgan fingerprint density at radius 3 is 2.30 bits per heavy atom. The lowest BCUT2D eigenvalue weighted by Gasteiger charge is -2.15. The fourth-order valence-electron chi connectivity index (χ4n) is 2.02. The molecule has 106 valence electrons. The molecule has 2 amide bonds. The zero-order chi connectivity index (χ0) is 15.0. The first kappa shape index (κ1) is 14.0. The number of nitro benzene ring substituents is 1. The summed E-state index contributed by atoms with van der Waals surface area (Å²) in [5.74, 6) is -3.85. The van der Waals surface area contributed by atoms with Crippen LogP contribution in [0.2, 0.25) is 0 Å². The normalized spacial score (nSPS) is 18.8. The molecular formula is C12H10F2N2O4. The number of nitrogens with zero attached hydrogens (tertiary/aromatic N) is 2. The molecule has 0 spiro atoms. The average molecular weight is 284 g/mol. The molecule has 1 aromatic rings. The summed E-state index contributed by atoms with van der Waals surface area (Å²) >= 11 is 0. The van der Waals surface area contributed by atoms with Crippen LogP contribution < -0.4 is 0 Å². The molecule has 0 saturated carbocycles. The molecule has 20 heavy (non-hydrogen) atoms. The van der Waals surface area contributed by atoms with Gasteiger partial charge in [-0.2, -0.15) is 0 Å². The third-order valence-corrected chi connectivity index (χ3v) is 3.12. The number of imide groups is 1. The lowest BCUT2D eigenvalue weighted by atomic mass is 10.1. The molecule has 0 N–H and O–H groups in total. The molecule has 6 nitrogen and oxygen atoms in total. The van der Waals surface area contributed by atoms with Crippen molar-refractivity contribution in [3.05, 3.63) is 39.4 Å². The average Bonchev–Trinajstić information content (AvgIpc) is 2.59. The van der Waals surface area contributed by atoms with Gasteiger partial charge in [-0.05, 0) is 0 Å². The maximum atomic E-state index is 13.7. The van der Waals surface area contributed by atoms with Crippen LogP contribution in [-0.2, 0) is 16.1 Å². The van der Waals surface area contributed by atoms with Gasteiger partial charge in [0, 0.05) is 17.9 Å². The summed E-state index contributed by atoms with van der Waals surface area (Å²) in [4.78, 5) is 33.5. The monoisotopic (exact) mass is 284 g/mol.